The summed E-state index contributed by atoms with van der Waals surface area (Å²) < 4.78 is 17.0. The lowest BCUT2D eigenvalue weighted by molar-refractivity contribution is 0.129. The summed E-state index contributed by atoms with van der Waals surface area (Å²) in [5, 5.41) is 6.65. The topological polar surface area (TPSA) is 64.1 Å². The van der Waals surface area contributed by atoms with Crippen LogP contribution in [0.1, 0.15) is 44.2 Å². The van der Waals surface area contributed by atoms with Crippen molar-refractivity contribution in [3.8, 4) is 11.5 Å². The number of hydrogen-bond acceptors (Lipinski definition) is 4. The zero-order chi connectivity index (χ0) is 18.8. The molecule has 1 aliphatic rings. The summed E-state index contributed by atoms with van der Waals surface area (Å²) in [4.78, 5) is 4.27. The quantitative estimate of drug-likeness (QED) is 0.227. The van der Waals surface area contributed by atoms with Crippen LogP contribution in [0.2, 0.25) is 0 Å². The number of halogens is 1. The Balaban J connectivity index is 0.00000364. The zero-order valence-electron chi connectivity index (χ0n) is 17.0. The van der Waals surface area contributed by atoms with Crippen LogP contribution in [0.15, 0.2) is 17.1 Å². The Morgan fingerprint density at radius 2 is 2.04 bits per heavy atom. The van der Waals surface area contributed by atoms with Crippen LogP contribution >= 0.6 is 24.0 Å². The predicted octanol–water partition coefficient (Wildman–Crippen LogP) is 3.51. The maximum atomic E-state index is 5.86. The van der Waals surface area contributed by atoms with Gasteiger partial charge in [-0.2, -0.15) is 0 Å². The highest BCUT2D eigenvalue weighted by Crippen LogP contribution is 2.34. The SMILES string of the molecule is CCCCOCCCNC(=NC)NCc1cc2c(cc1OC)CC(C)O2.I. The van der Waals surface area contributed by atoms with Crippen molar-refractivity contribution in [2.24, 2.45) is 4.99 Å². The van der Waals surface area contributed by atoms with E-state index in [1.165, 1.54) is 12.0 Å². The number of guanidine groups is 1. The van der Waals surface area contributed by atoms with E-state index in [9.17, 15) is 0 Å². The number of nitrogens with zero attached hydrogens (tertiary/aromatic N) is 1. The summed E-state index contributed by atoms with van der Waals surface area (Å²) in [7, 11) is 3.48. The van der Waals surface area contributed by atoms with E-state index < -0.39 is 0 Å². The van der Waals surface area contributed by atoms with E-state index in [1.54, 1.807) is 14.2 Å². The van der Waals surface area contributed by atoms with Gasteiger partial charge in [-0.05, 0) is 31.9 Å². The number of benzene rings is 1. The normalized spacial score (nSPS) is 15.6. The first kappa shape index (κ1) is 23.8. The number of hydrogen-bond donors (Lipinski definition) is 2. The van der Waals surface area contributed by atoms with Crippen molar-refractivity contribution in [2.75, 3.05) is 33.9 Å². The molecule has 2 rings (SSSR count). The predicted molar refractivity (Wildman–Crippen MR) is 121 cm³/mol. The van der Waals surface area contributed by atoms with Crippen molar-refractivity contribution >= 4 is 29.9 Å². The second-order valence-electron chi connectivity index (χ2n) is 6.58. The van der Waals surface area contributed by atoms with E-state index in [2.05, 4.69) is 41.6 Å². The lowest BCUT2D eigenvalue weighted by Crippen LogP contribution is -2.37. The summed E-state index contributed by atoms with van der Waals surface area (Å²) >= 11 is 0. The van der Waals surface area contributed by atoms with Gasteiger partial charge in [-0.25, -0.2) is 0 Å². The largest absolute Gasteiger partial charge is 0.496 e. The summed E-state index contributed by atoms with van der Waals surface area (Å²) in [5.41, 5.74) is 2.27. The van der Waals surface area contributed by atoms with Gasteiger partial charge < -0.3 is 24.8 Å². The summed E-state index contributed by atoms with van der Waals surface area (Å²) in [6, 6.07) is 4.15. The molecule has 7 heteroatoms. The number of methoxy groups -OCH3 is 1. The molecule has 1 heterocycles. The van der Waals surface area contributed by atoms with Gasteiger partial charge in [0.1, 0.15) is 17.6 Å². The monoisotopic (exact) mass is 491 g/mol. The Morgan fingerprint density at radius 1 is 1.26 bits per heavy atom. The first-order valence-corrected chi connectivity index (χ1v) is 9.56. The van der Waals surface area contributed by atoms with Crippen LogP contribution in [0, 0.1) is 0 Å². The molecule has 0 saturated heterocycles. The highest BCUT2D eigenvalue weighted by atomic mass is 127. The Bertz CT molecular complexity index is 596. The van der Waals surface area contributed by atoms with Gasteiger partial charge in [-0.15, -0.1) is 24.0 Å². The second kappa shape index (κ2) is 13.0. The second-order valence-corrected chi connectivity index (χ2v) is 6.58. The Hall–Kier alpha value is -1.22. The van der Waals surface area contributed by atoms with E-state index in [0.29, 0.717) is 6.54 Å². The molecule has 0 saturated carbocycles. The molecular weight excluding hydrogens is 457 g/mol. The molecule has 0 bridgehead atoms. The molecule has 1 aliphatic heterocycles. The van der Waals surface area contributed by atoms with Crippen LogP contribution in [-0.4, -0.2) is 46.0 Å². The molecule has 1 atom stereocenters. The molecule has 6 nitrogen and oxygen atoms in total. The molecule has 0 amide bonds. The van der Waals surface area contributed by atoms with Crippen LogP contribution in [0.4, 0.5) is 0 Å². The molecule has 27 heavy (non-hydrogen) atoms. The highest BCUT2D eigenvalue weighted by Gasteiger charge is 2.21. The molecule has 1 aromatic carbocycles. The molecule has 1 aromatic rings. The van der Waals surface area contributed by atoms with Gasteiger partial charge in [0.2, 0.25) is 0 Å². The van der Waals surface area contributed by atoms with Gasteiger partial charge >= 0.3 is 0 Å². The average Bonchev–Trinajstić information content (AvgIpc) is 3.01. The highest BCUT2D eigenvalue weighted by molar-refractivity contribution is 14.0. The van der Waals surface area contributed by atoms with Gasteiger partial charge in [-0.1, -0.05) is 13.3 Å². The minimum Gasteiger partial charge on any atom is -0.496 e. The van der Waals surface area contributed by atoms with Crippen LogP contribution in [0.25, 0.3) is 0 Å². The van der Waals surface area contributed by atoms with Crippen LogP contribution < -0.4 is 20.1 Å². The van der Waals surface area contributed by atoms with Crippen molar-refractivity contribution in [2.45, 2.75) is 52.2 Å². The molecular formula is C20H34IN3O3. The average molecular weight is 491 g/mol. The fourth-order valence-electron chi connectivity index (χ4n) is 2.94. The van der Waals surface area contributed by atoms with Gasteiger partial charge in [0.25, 0.3) is 0 Å². The van der Waals surface area contributed by atoms with Crippen molar-refractivity contribution in [1.82, 2.24) is 10.6 Å². The smallest absolute Gasteiger partial charge is 0.191 e. The summed E-state index contributed by atoms with van der Waals surface area (Å²) in [6.07, 6.45) is 4.42. The van der Waals surface area contributed by atoms with Gasteiger partial charge in [0, 0.05) is 50.9 Å². The minimum absolute atomic E-state index is 0. The van der Waals surface area contributed by atoms with E-state index in [-0.39, 0.29) is 30.1 Å². The lowest BCUT2D eigenvalue weighted by Gasteiger charge is -2.15. The third kappa shape index (κ3) is 7.73. The number of nitrogens with one attached hydrogen (secondary N) is 2. The lowest BCUT2D eigenvalue weighted by atomic mass is 10.1. The third-order valence-electron chi connectivity index (χ3n) is 4.37. The fourth-order valence-corrected chi connectivity index (χ4v) is 2.94. The van der Waals surface area contributed by atoms with Crippen molar-refractivity contribution in [3.63, 3.8) is 0 Å². The first-order valence-electron chi connectivity index (χ1n) is 9.56. The molecule has 154 valence electrons. The van der Waals surface area contributed by atoms with Gasteiger partial charge in [-0.3, -0.25) is 4.99 Å². The van der Waals surface area contributed by atoms with E-state index in [0.717, 1.165) is 62.0 Å². The Morgan fingerprint density at radius 3 is 2.74 bits per heavy atom. The van der Waals surface area contributed by atoms with Crippen LogP contribution in [-0.2, 0) is 17.7 Å². The maximum Gasteiger partial charge on any atom is 0.191 e. The van der Waals surface area contributed by atoms with Crippen molar-refractivity contribution in [3.05, 3.63) is 23.3 Å². The molecule has 1 unspecified atom stereocenters. The molecule has 0 radical (unpaired) electrons. The summed E-state index contributed by atoms with van der Waals surface area (Å²) in [6.45, 7) is 7.33. The van der Waals surface area contributed by atoms with Gasteiger partial charge in [0.05, 0.1) is 7.11 Å². The zero-order valence-corrected chi connectivity index (χ0v) is 19.3. The first-order chi connectivity index (χ1) is 12.7. The molecule has 0 aliphatic carbocycles. The number of fused-ring (bicyclic) bond motifs is 1. The maximum absolute atomic E-state index is 5.86. The Kier molecular flexibility index (Phi) is 11.5. The van der Waals surface area contributed by atoms with Crippen molar-refractivity contribution in [1.29, 1.82) is 0 Å². The number of ether oxygens (including phenoxy) is 3. The molecule has 0 spiro atoms. The number of rotatable bonds is 10. The standard InChI is InChI=1S/C20H33N3O3.HI/c1-5-6-9-25-10-7-8-22-20(21-3)23-14-17-13-19-16(11-15(2)26-19)12-18(17)24-4;/h12-13,15H,5-11,14H2,1-4H3,(H2,21,22,23);1H. The Labute approximate surface area is 180 Å². The molecule has 0 fully saturated rings. The van der Waals surface area contributed by atoms with Crippen LogP contribution in [0.3, 0.4) is 0 Å². The minimum atomic E-state index is 0. The van der Waals surface area contributed by atoms with E-state index in [4.69, 9.17) is 14.2 Å². The summed E-state index contributed by atoms with van der Waals surface area (Å²) in [5.74, 6) is 2.62. The third-order valence-corrected chi connectivity index (χ3v) is 4.37. The number of unbranched alkanes of at least 4 members (excludes halogenated alkanes) is 1. The van der Waals surface area contributed by atoms with Crippen LogP contribution in [0.5, 0.6) is 11.5 Å². The fraction of sp³-hybridized carbons (Fsp3) is 0.650. The van der Waals surface area contributed by atoms with E-state index >= 15 is 0 Å². The van der Waals surface area contributed by atoms with Crippen molar-refractivity contribution < 1.29 is 14.2 Å². The van der Waals surface area contributed by atoms with Gasteiger partial charge in [0.15, 0.2) is 5.96 Å². The molecule has 0 aromatic heterocycles. The molecule has 2 N–H and O–H groups in total. The number of aliphatic imine (C=N–C) groups is 1. The van der Waals surface area contributed by atoms with E-state index in [1.807, 2.05) is 0 Å².